The molecular formula is C17H25N3O2. The second-order valence-corrected chi connectivity index (χ2v) is 4.97. The molecule has 0 N–H and O–H groups in total. The van der Waals surface area contributed by atoms with Crippen LogP contribution in [0.5, 0.6) is 5.88 Å². The van der Waals surface area contributed by atoms with Crippen LogP contribution in [0.2, 0.25) is 0 Å². The van der Waals surface area contributed by atoms with E-state index in [1.165, 1.54) is 0 Å². The molecule has 0 radical (unpaired) electrons. The van der Waals surface area contributed by atoms with Gasteiger partial charge in [-0.1, -0.05) is 13.8 Å². The first-order valence-electron chi connectivity index (χ1n) is 7.97. The Bertz CT molecular complexity index is 583. The third kappa shape index (κ3) is 4.15. The average molecular weight is 303 g/mol. The van der Waals surface area contributed by atoms with Crippen molar-refractivity contribution in [3.05, 3.63) is 30.2 Å². The number of ether oxygens (including phenoxy) is 2. The first kappa shape index (κ1) is 16.6. The molecule has 0 bridgehead atoms. The van der Waals surface area contributed by atoms with E-state index in [1.54, 1.807) is 6.20 Å². The van der Waals surface area contributed by atoms with Crippen molar-refractivity contribution in [3.8, 4) is 5.88 Å². The van der Waals surface area contributed by atoms with E-state index in [9.17, 15) is 0 Å². The average Bonchev–Trinajstić information content (AvgIpc) is 2.60. The summed E-state index contributed by atoms with van der Waals surface area (Å²) in [4.78, 5) is 10.9. The second kappa shape index (κ2) is 8.66. The van der Waals surface area contributed by atoms with Gasteiger partial charge in [0.1, 0.15) is 6.61 Å². The molecule has 120 valence electrons. The zero-order valence-electron chi connectivity index (χ0n) is 13.7. The third-order valence-corrected chi connectivity index (χ3v) is 3.60. The van der Waals surface area contributed by atoms with Crippen LogP contribution in [0.15, 0.2) is 24.7 Å². The number of rotatable bonds is 4. The maximum Gasteiger partial charge on any atom is 0.222 e. The molecule has 0 atom stereocenters. The van der Waals surface area contributed by atoms with Gasteiger partial charge in [-0.05, 0) is 23.9 Å². The normalized spacial score (nSPS) is 15.2. The lowest BCUT2D eigenvalue weighted by Gasteiger charge is -2.26. The minimum Gasteiger partial charge on any atom is -0.476 e. The maximum atomic E-state index is 5.84. The number of pyridine rings is 2. The van der Waals surface area contributed by atoms with Crippen LogP contribution in [0.4, 0.5) is 0 Å². The molecule has 3 rings (SSSR count). The number of nitrogens with zero attached hydrogens (tertiary/aromatic N) is 3. The van der Waals surface area contributed by atoms with E-state index in [0.29, 0.717) is 12.5 Å². The summed E-state index contributed by atoms with van der Waals surface area (Å²) in [5.41, 5.74) is 1.14. The predicted octanol–water partition coefficient (Wildman–Crippen LogP) is 2.68. The van der Waals surface area contributed by atoms with Gasteiger partial charge in [-0.3, -0.25) is 9.88 Å². The van der Waals surface area contributed by atoms with Crippen molar-refractivity contribution in [2.75, 3.05) is 39.5 Å². The summed E-state index contributed by atoms with van der Waals surface area (Å²) >= 11 is 0. The number of morpholine rings is 1. The molecule has 22 heavy (non-hydrogen) atoms. The molecule has 1 saturated heterocycles. The molecule has 0 aliphatic carbocycles. The summed E-state index contributed by atoms with van der Waals surface area (Å²) in [5.74, 6) is 0.673. The Balaban J connectivity index is 0.000000847. The second-order valence-electron chi connectivity index (χ2n) is 4.97. The standard InChI is InChI=1S/C15H19N3O2.C2H6/c1-12-10-17-15(14-11-16-3-2-13(12)14)20-9-6-18-4-7-19-8-5-18;1-2/h2-3,10-11H,4-9H2,1H3;1-2H3. The topological polar surface area (TPSA) is 47.5 Å². The van der Waals surface area contributed by atoms with E-state index in [0.717, 1.165) is 49.2 Å². The van der Waals surface area contributed by atoms with Crippen LogP contribution in [0.25, 0.3) is 10.8 Å². The van der Waals surface area contributed by atoms with Crippen LogP contribution in [0.3, 0.4) is 0 Å². The Morgan fingerprint density at radius 2 is 1.95 bits per heavy atom. The Hall–Kier alpha value is -1.72. The highest BCUT2D eigenvalue weighted by Gasteiger charge is 2.11. The largest absolute Gasteiger partial charge is 0.476 e. The minimum absolute atomic E-state index is 0.639. The van der Waals surface area contributed by atoms with Gasteiger partial charge < -0.3 is 9.47 Å². The van der Waals surface area contributed by atoms with Crippen molar-refractivity contribution < 1.29 is 9.47 Å². The molecule has 0 spiro atoms. The molecule has 2 aromatic rings. The van der Waals surface area contributed by atoms with Gasteiger partial charge in [0.15, 0.2) is 0 Å². The Labute approximate surface area is 132 Å². The van der Waals surface area contributed by atoms with E-state index in [4.69, 9.17) is 9.47 Å². The number of hydrogen-bond acceptors (Lipinski definition) is 5. The van der Waals surface area contributed by atoms with E-state index in [-0.39, 0.29) is 0 Å². The lowest BCUT2D eigenvalue weighted by atomic mass is 10.1. The van der Waals surface area contributed by atoms with Gasteiger partial charge in [0, 0.05) is 38.2 Å². The highest BCUT2D eigenvalue weighted by Crippen LogP contribution is 2.24. The highest BCUT2D eigenvalue weighted by molar-refractivity contribution is 5.88. The van der Waals surface area contributed by atoms with Crippen LogP contribution in [0, 0.1) is 6.92 Å². The summed E-state index contributed by atoms with van der Waals surface area (Å²) in [6, 6.07) is 2.00. The van der Waals surface area contributed by atoms with Crippen LogP contribution in [-0.2, 0) is 4.74 Å². The zero-order valence-corrected chi connectivity index (χ0v) is 13.7. The summed E-state index contributed by atoms with van der Waals surface area (Å²) in [5, 5.41) is 2.13. The Morgan fingerprint density at radius 3 is 2.73 bits per heavy atom. The van der Waals surface area contributed by atoms with Crippen LogP contribution in [0.1, 0.15) is 19.4 Å². The highest BCUT2D eigenvalue weighted by atomic mass is 16.5. The van der Waals surface area contributed by atoms with Gasteiger partial charge in [0.2, 0.25) is 5.88 Å². The molecule has 0 saturated carbocycles. The van der Waals surface area contributed by atoms with E-state index < -0.39 is 0 Å². The van der Waals surface area contributed by atoms with E-state index in [1.807, 2.05) is 39.2 Å². The SMILES string of the molecule is CC.Cc1cnc(OCCN2CCOCC2)c2cnccc12. The molecule has 2 aromatic heterocycles. The van der Waals surface area contributed by atoms with Crippen LogP contribution < -0.4 is 4.74 Å². The molecule has 5 nitrogen and oxygen atoms in total. The third-order valence-electron chi connectivity index (χ3n) is 3.60. The van der Waals surface area contributed by atoms with Gasteiger partial charge in [-0.2, -0.15) is 0 Å². The van der Waals surface area contributed by atoms with Gasteiger partial charge in [0.05, 0.1) is 18.6 Å². The van der Waals surface area contributed by atoms with Crippen molar-refractivity contribution >= 4 is 10.8 Å². The van der Waals surface area contributed by atoms with Crippen LogP contribution >= 0.6 is 0 Å². The van der Waals surface area contributed by atoms with Crippen molar-refractivity contribution in [3.63, 3.8) is 0 Å². The maximum absolute atomic E-state index is 5.84. The monoisotopic (exact) mass is 303 g/mol. The molecule has 0 amide bonds. The fourth-order valence-corrected chi connectivity index (χ4v) is 2.41. The molecule has 1 aliphatic rings. The minimum atomic E-state index is 0.639. The Kier molecular flexibility index (Phi) is 6.55. The van der Waals surface area contributed by atoms with E-state index in [2.05, 4.69) is 14.9 Å². The molecule has 1 fully saturated rings. The number of aryl methyl sites for hydroxylation is 1. The summed E-state index contributed by atoms with van der Waals surface area (Å²) in [6.07, 6.45) is 5.47. The van der Waals surface area contributed by atoms with Crippen LogP contribution in [-0.4, -0.2) is 54.3 Å². The Morgan fingerprint density at radius 1 is 1.18 bits per heavy atom. The smallest absolute Gasteiger partial charge is 0.222 e. The van der Waals surface area contributed by atoms with Gasteiger partial charge in [-0.25, -0.2) is 4.98 Å². The van der Waals surface area contributed by atoms with Gasteiger partial charge in [-0.15, -0.1) is 0 Å². The molecule has 0 unspecified atom stereocenters. The van der Waals surface area contributed by atoms with E-state index >= 15 is 0 Å². The molecule has 1 aliphatic heterocycles. The predicted molar refractivity (Wildman–Crippen MR) is 88.4 cm³/mol. The first-order valence-corrected chi connectivity index (χ1v) is 7.97. The first-order chi connectivity index (χ1) is 10.8. The lowest BCUT2D eigenvalue weighted by Crippen LogP contribution is -2.38. The molecule has 3 heterocycles. The molecule has 5 heteroatoms. The number of fused-ring (bicyclic) bond motifs is 1. The summed E-state index contributed by atoms with van der Waals surface area (Å²) in [6.45, 7) is 11.2. The van der Waals surface area contributed by atoms with Gasteiger partial charge in [0.25, 0.3) is 0 Å². The quantitative estimate of drug-likeness (QED) is 0.869. The van der Waals surface area contributed by atoms with Crippen molar-refractivity contribution in [1.29, 1.82) is 0 Å². The number of hydrogen-bond donors (Lipinski definition) is 0. The fourth-order valence-electron chi connectivity index (χ4n) is 2.41. The number of aromatic nitrogens is 2. The van der Waals surface area contributed by atoms with Crippen molar-refractivity contribution in [1.82, 2.24) is 14.9 Å². The van der Waals surface area contributed by atoms with Crippen molar-refractivity contribution in [2.45, 2.75) is 20.8 Å². The fraction of sp³-hybridized carbons (Fsp3) is 0.529. The molecular weight excluding hydrogens is 278 g/mol. The lowest BCUT2D eigenvalue weighted by molar-refractivity contribution is 0.0321. The summed E-state index contributed by atoms with van der Waals surface area (Å²) < 4.78 is 11.2. The summed E-state index contributed by atoms with van der Waals surface area (Å²) in [7, 11) is 0. The zero-order chi connectivity index (χ0) is 15.8. The molecule has 0 aromatic carbocycles. The van der Waals surface area contributed by atoms with Gasteiger partial charge >= 0.3 is 0 Å². The van der Waals surface area contributed by atoms with Crippen molar-refractivity contribution in [2.24, 2.45) is 0 Å².